The summed E-state index contributed by atoms with van der Waals surface area (Å²) in [5.74, 6) is 1.43. The maximum atomic E-state index is 12.1. The molecule has 0 aliphatic rings. The number of halogens is 3. The Labute approximate surface area is 164 Å². The first-order valence-corrected chi connectivity index (χ1v) is 10.7. The molecule has 0 amide bonds. The summed E-state index contributed by atoms with van der Waals surface area (Å²) in [6.07, 6.45) is -2.01. The summed E-state index contributed by atoms with van der Waals surface area (Å²) < 4.78 is 62.0. The van der Waals surface area contributed by atoms with Gasteiger partial charge in [-0.1, -0.05) is 0 Å². The van der Waals surface area contributed by atoms with Crippen LogP contribution >= 0.6 is 11.8 Å². The van der Waals surface area contributed by atoms with Crippen molar-refractivity contribution in [2.75, 3.05) is 37.5 Å². The van der Waals surface area contributed by atoms with Crippen LogP contribution in [0.3, 0.4) is 0 Å². The Kier molecular flexibility index (Phi) is 9.24. The summed E-state index contributed by atoms with van der Waals surface area (Å²) in [6, 6.07) is 1.45. The molecule has 0 bridgehead atoms. The lowest BCUT2D eigenvalue weighted by molar-refractivity contribution is -0.118. The average molecular weight is 442 g/mol. The highest BCUT2D eigenvalue weighted by molar-refractivity contribution is 7.98. The molecule has 15 heteroatoms. The summed E-state index contributed by atoms with van der Waals surface area (Å²) >= 11 is 1.46. The van der Waals surface area contributed by atoms with Crippen molar-refractivity contribution < 1.29 is 21.6 Å². The van der Waals surface area contributed by atoms with Gasteiger partial charge in [0.05, 0.1) is 12.0 Å². The van der Waals surface area contributed by atoms with E-state index in [0.717, 1.165) is 6.26 Å². The highest BCUT2D eigenvalue weighted by Gasteiger charge is 2.26. The maximum Gasteiger partial charge on any atom is 0.408 e. The molecule has 0 spiro atoms. The number of hydrogen-bond donors (Lipinski definition) is 4. The third kappa shape index (κ3) is 11.4. The molecular weight excluding hydrogens is 421 g/mol. The standard InChI is InChI=1S/C13H21F3N8O2S2/c1-18-12(24-28(2,25)26)20-5-6-27-7-10-19-4-3-9(22-10)23-11(17)21-8-13(14,15)16/h3-4H,5-8H2,1-2H3,(H2,18,20,24)(H3,17,19,21,22,23). The third-order valence-electron chi connectivity index (χ3n) is 2.65. The Morgan fingerprint density at radius 3 is 2.71 bits per heavy atom. The van der Waals surface area contributed by atoms with Crippen LogP contribution in [0.1, 0.15) is 5.82 Å². The van der Waals surface area contributed by atoms with Crippen molar-refractivity contribution in [1.82, 2.24) is 20.6 Å². The van der Waals surface area contributed by atoms with Gasteiger partial charge in [-0.15, -0.1) is 4.40 Å². The van der Waals surface area contributed by atoms with Gasteiger partial charge in [-0.3, -0.25) is 0 Å². The Morgan fingerprint density at radius 2 is 2.11 bits per heavy atom. The van der Waals surface area contributed by atoms with Crippen molar-refractivity contribution in [1.29, 1.82) is 0 Å². The first-order chi connectivity index (χ1) is 13.0. The summed E-state index contributed by atoms with van der Waals surface area (Å²) in [5.41, 5.74) is 5.39. The van der Waals surface area contributed by atoms with E-state index < -0.39 is 28.7 Å². The second kappa shape index (κ2) is 10.9. The molecule has 28 heavy (non-hydrogen) atoms. The van der Waals surface area contributed by atoms with Gasteiger partial charge in [-0.05, 0) is 6.07 Å². The summed E-state index contributed by atoms with van der Waals surface area (Å²) in [6.45, 7) is -0.946. The van der Waals surface area contributed by atoms with Crippen molar-refractivity contribution in [2.45, 2.75) is 11.9 Å². The molecule has 0 aliphatic carbocycles. The molecule has 0 atom stereocenters. The number of aromatic nitrogens is 2. The van der Waals surface area contributed by atoms with E-state index in [1.807, 2.05) is 0 Å². The lowest BCUT2D eigenvalue weighted by atomic mass is 10.5. The van der Waals surface area contributed by atoms with Gasteiger partial charge in [-0.2, -0.15) is 24.9 Å². The Balaban J connectivity index is 2.46. The number of aliphatic imine (C=N–C) groups is 1. The number of sulfonamides is 1. The summed E-state index contributed by atoms with van der Waals surface area (Å²) in [5, 5.41) is 7.95. The normalized spacial score (nSPS) is 13.3. The molecule has 0 unspecified atom stereocenters. The molecular formula is C13H21F3N8O2S2. The molecule has 0 aliphatic heterocycles. The Hall–Kier alpha value is -2.29. The number of guanidine groups is 2. The van der Waals surface area contributed by atoms with Crippen molar-refractivity contribution in [3.05, 3.63) is 18.1 Å². The fourth-order valence-corrected chi connectivity index (χ4v) is 2.82. The molecule has 1 heterocycles. The van der Waals surface area contributed by atoms with E-state index in [2.05, 4.69) is 35.3 Å². The zero-order chi connectivity index (χ0) is 21.2. The van der Waals surface area contributed by atoms with Crippen LogP contribution in [0.25, 0.3) is 0 Å². The molecule has 0 radical (unpaired) electrons. The quantitative estimate of drug-likeness (QED) is 0.250. The van der Waals surface area contributed by atoms with Crippen molar-refractivity contribution >= 4 is 39.5 Å². The predicted molar refractivity (Wildman–Crippen MR) is 104 cm³/mol. The largest absolute Gasteiger partial charge is 0.408 e. The van der Waals surface area contributed by atoms with Crippen LogP contribution in [0.4, 0.5) is 19.0 Å². The number of thioether (sulfide) groups is 1. The van der Waals surface area contributed by atoms with E-state index in [9.17, 15) is 21.6 Å². The van der Waals surface area contributed by atoms with Crippen LogP contribution in [-0.4, -0.2) is 68.6 Å². The van der Waals surface area contributed by atoms with E-state index >= 15 is 0 Å². The van der Waals surface area contributed by atoms with Crippen LogP contribution in [-0.2, 0) is 15.8 Å². The molecule has 1 rings (SSSR count). The zero-order valence-corrected chi connectivity index (χ0v) is 16.7. The van der Waals surface area contributed by atoms with Gasteiger partial charge in [0.15, 0.2) is 5.96 Å². The minimum atomic E-state index is -4.44. The van der Waals surface area contributed by atoms with Crippen molar-refractivity contribution in [3.63, 3.8) is 0 Å². The van der Waals surface area contributed by atoms with E-state index in [-0.39, 0.29) is 11.8 Å². The van der Waals surface area contributed by atoms with E-state index in [0.29, 0.717) is 23.9 Å². The number of hydrogen-bond acceptors (Lipinski definition) is 6. The lowest BCUT2D eigenvalue weighted by Gasteiger charge is -2.09. The number of rotatable bonds is 8. The van der Waals surface area contributed by atoms with Crippen molar-refractivity contribution in [2.24, 2.45) is 15.1 Å². The smallest absolute Gasteiger partial charge is 0.370 e. The van der Waals surface area contributed by atoms with Gasteiger partial charge in [-0.25, -0.2) is 23.4 Å². The van der Waals surface area contributed by atoms with Gasteiger partial charge in [0.2, 0.25) is 5.96 Å². The second-order valence-corrected chi connectivity index (χ2v) is 7.96. The highest BCUT2D eigenvalue weighted by atomic mass is 32.2. The molecule has 158 valence electrons. The minimum Gasteiger partial charge on any atom is -0.370 e. The van der Waals surface area contributed by atoms with Gasteiger partial charge in [0.1, 0.15) is 18.2 Å². The van der Waals surface area contributed by atoms with Crippen LogP contribution < -0.4 is 21.7 Å². The first kappa shape index (κ1) is 23.7. The average Bonchev–Trinajstić information content (AvgIpc) is 2.57. The summed E-state index contributed by atoms with van der Waals surface area (Å²) in [4.78, 5) is 11.4. The number of nitrogens with two attached hydrogens (primary N) is 1. The molecule has 5 N–H and O–H groups in total. The molecule has 1 aromatic rings. The van der Waals surface area contributed by atoms with E-state index in [4.69, 9.17) is 5.73 Å². The molecule has 1 aromatic heterocycles. The number of alkyl halides is 3. The monoisotopic (exact) mass is 442 g/mol. The van der Waals surface area contributed by atoms with E-state index in [1.165, 1.54) is 24.0 Å². The van der Waals surface area contributed by atoms with Crippen LogP contribution in [0.5, 0.6) is 0 Å². The zero-order valence-electron chi connectivity index (χ0n) is 15.1. The third-order valence-corrected chi connectivity index (χ3v) is 4.12. The molecule has 0 saturated carbocycles. The number of anilines is 1. The fraction of sp³-hybridized carbons (Fsp3) is 0.538. The first-order valence-electron chi connectivity index (χ1n) is 7.73. The van der Waals surface area contributed by atoms with Crippen LogP contribution in [0.15, 0.2) is 21.7 Å². The SMILES string of the molecule is CN/C(=N/S(C)(=O)=O)NCCSCc1nccc(N/C(N)=N\CC(F)(F)F)n1. The highest BCUT2D eigenvalue weighted by Crippen LogP contribution is 2.14. The lowest BCUT2D eigenvalue weighted by Crippen LogP contribution is -2.36. The molecule has 0 saturated heterocycles. The minimum absolute atomic E-state index is 0.138. The predicted octanol–water partition coefficient (Wildman–Crippen LogP) is 0.123. The fourth-order valence-electron chi connectivity index (χ4n) is 1.62. The van der Waals surface area contributed by atoms with Gasteiger partial charge in [0.25, 0.3) is 10.0 Å². The summed E-state index contributed by atoms with van der Waals surface area (Å²) in [7, 11) is -1.96. The Bertz CT molecular complexity index is 799. The van der Waals surface area contributed by atoms with Crippen LogP contribution in [0.2, 0.25) is 0 Å². The topological polar surface area (TPSA) is 147 Å². The molecule has 0 fully saturated rings. The number of nitrogens with one attached hydrogen (secondary N) is 3. The van der Waals surface area contributed by atoms with E-state index in [1.54, 1.807) is 7.05 Å². The van der Waals surface area contributed by atoms with Crippen LogP contribution in [0, 0.1) is 0 Å². The Morgan fingerprint density at radius 1 is 1.39 bits per heavy atom. The van der Waals surface area contributed by atoms with Gasteiger partial charge >= 0.3 is 6.18 Å². The van der Waals surface area contributed by atoms with Gasteiger partial charge < -0.3 is 21.7 Å². The maximum absolute atomic E-state index is 12.1. The molecule has 10 nitrogen and oxygen atoms in total. The second-order valence-electron chi connectivity index (χ2n) is 5.20. The molecule has 0 aromatic carbocycles. The van der Waals surface area contributed by atoms with Gasteiger partial charge in [0, 0.05) is 25.5 Å². The van der Waals surface area contributed by atoms with Crippen molar-refractivity contribution in [3.8, 4) is 0 Å². The number of nitrogens with zero attached hydrogens (tertiary/aromatic N) is 4.